The Morgan fingerprint density at radius 3 is 2.52 bits per heavy atom. The van der Waals surface area contributed by atoms with Gasteiger partial charge in [-0.1, -0.05) is 41.9 Å². The summed E-state index contributed by atoms with van der Waals surface area (Å²) in [5.41, 5.74) is 5.62. The number of carbonyl (C=O) groups is 1. The van der Waals surface area contributed by atoms with Crippen LogP contribution in [0.15, 0.2) is 54.6 Å². The number of hydrogen-bond donors (Lipinski definition) is 0. The first-order chi connectivity index (χ1) is 14.0. The van der Waals surface area contributed by atoms with Crippen LogP contribution >= 0.6 is 11.6 Å². The maximum atomic E-state index is 12.4. The summed E-state index contributed by atoms with van der Waals surface area (Å²) in [6.45, 7) is 7.22. The molecule has 5 heteroatoms. The normalized spacial score (nSPS) is 10.9. The van der Waals surface area contributed by atoms with E-state index >= 15 is 0 Å². The average Bonchev–Trinajstić information content (AvgIpc) is 3.03. The SMILES string of the molecule is CCOC(=O)c1cc(CCOCc2ccccc2)n(-c2ccc(Cl)cc2C)c1C. The molecule has 0 saturated carbocycles. The van der Waals surface area contributed by atoms with Crippen molar-refractivity contribution in [2.75, 3.05) is 13.2 Å². The molecule has 0 saturated heterocycles. The van der Waals surface area contributed by atoms with Gasteiger partial charge in [-0.15, -0.1) is 0 Å². The zero-order valence-corrected chi connectivity index (χ0v) is 17.8. The molecule has 1 aromatic heterocycles. The highest BCUT2D eigenvalue weighted by atomic mass is 35.5. The van der Waals surface area contributed by atoms with Crippen molar-refractivity contribution in [2.45, 2.75) is 33.8 Å². The first-order valence-electron chi connectivity index (χ1n) is 9.77. The first-order valence-corrected chi connectivity index (χ1v) is 10.2. The zero-order chi connectivity index (χ0) is 20.8. The molecule has 0 radical (unpaired) electrons. The highest BCUT2D eigenvalue weighted by molar-refractivity contribution is 6.30. The lowest BCUT2D eigenvalue weighted by Gasteiger charge is -2.15. The molecule has 0 unspecified atom stereocenters. The van der Waals surface area contributed by atoms with E-state index in [9.17, 15) is 4.79 Å². The van der Waals surface area contributed by atoms with Gasteiger partial charge in [0.05, 0.1) is 25.4 Å². The second kappa shape index (κ2) is 9.77. The van der Waals surface area contributed by atoms with Crippen molar-refractivity contribution in [3.05, 3.63) is 87.7 Å². The third-order valence-corrected chi connectivity index (χ3v) is 5.07. The van der Waals surface area contributed by atoms with Gasteiger partial charge in [0, 0.05) is 28.5 Å². The lowest BCUT2D eigenvalue weighted by atomic mass is 10.2. The largest absolute Gasteiger partial charge is 0.462 e. The van der Waals surface area contributed by atoms with Gasteiger partial charge in [-0.2, -0.15) is 0 Å². The van der Waals surface area contributed by atoms with Crippen LogP contribution in [0.1, 0.15) is 39.8 Å². The van der Waals surface area contributed by atoms with E-state index in [0.29, 0.717) is 36.8 Å². The lowest BCUT2D eigenvalue weighted by Crippen LogP contribution is -2.09. The Labute approximate surface area is 177 Å². The van der Waals surface area contributed by atoms with Crippen molar-refractivity contribution in [2.24, 2.45) is 0 Å². The monoisotopic (exact) mass is 411 g/mol. The van der Waals surface area contributed by atoms with E-state index in [1.807, 2.05) is 75.4 Å². The number of halogens is 1. The molecule has 0 fully saturated rings. The molecule has 3 aromatic rings. The van der Waals surface area contributed by atoms with Crippen LogP contribution in [-0.2, 0) is 22.5 Å². The molecule has 152 valence electrons. The number of rotatable bonds is 8. The average molecular weight is 412 g/mol. The molecule has 1 heterocycles. The smallest absolute Gasteiger partial charge is 0.339 e. The van der Waals surface area contributed by atoms with E-state index in [1.54, 1.807) is 0 Å². The van der Waals surface area contributed by atoms with E-state index in [0.717, 1.165) is 28.2 Å². The highest BCUT2D eigenvalue weighted by Crippen LogP contribution is 2.26. The van der Waals surface area contributed by atoms with Gasteiger partial charge in [0.25, 0.3) is 0 Å². The Morgan fingerprint density at radius 2 is 1.83 bits per heavy atom. The molecule has 29 heavy (non-hydrogen) atoms. The van der Waals surface area contributed by atoms with Gasteiger partial charge in [-0.05, 0) is 56.2 Å². The van der Waals surface area contributed by atoms with Crippen molar-refractivity contribution in [1.29, 1.82) is 0 Å². The number of hydrogen-bond acceptors (Lipinski definition) is 3. The summed E-state index contributed by atoms with van der Waals surface area (Å²) in [5.74, 6) is -0.304. The fourth-order valence-corrected chi connectivity index (χ4v) is 3.64. The number of ether oxygens (including phenoxy) is 2. The van der Waals surface area contributed by atoms with Gasteiger partial charge in [0.2, 0.25) is 0 Å². The molecule has 0 aliphatic carbocycles. The minimum absolute atomic E-state index is 0.304. The molecule has 0 atom stereocenters. The Kier molecular flexibility index (Phi) is 7.13. The number of benzene rings is 2. The van der Waals surface area contributed by atoms with Crippen molar-refractivity contribution in [3.8, 4) is 5.69 Å². The van der Waals surface area contributed by atoms with Gasteiger partial charge in [0.1, 0.15) is 0 Å². The van der Waals surface area contributed by atoms with Crippen molar-refractivity contribution >= 4 is 17.6 Å². The van der Waals surface area contributed by atoms with Gasteiger partial charge in [-0.3, -0.25) is 0 Å². The van der Waals surface area contributed by atoms with E-state index in [4.69, 9.17) is 21.1 Å². The quantitative estimate of drug-likeness (QED) is 0.353. The van der Waals surface area contributed by atoms with Crippen molar-refractivity contribution < 1.29 is 14.3 Å². The third kappa shape index (κ3) is 5.08. The molecule has 0 bridgehead atoms. The van der Waals surface area contributed by atoms with E-state index in [-0.39, 0.29) is 5.97 Å². The summed E-state index contributed by atoms with van der Waals surface area (Å²) in [6, 6.07) is 17.8. The zero-order valence-electron chi connectivity index (χ0n) is 17.1. The number of carbonyl (C=O) groups excluding carboxylic acids is 1. The van der Waals surface area contributed by atoms with Crippen LogP contribution in [0.3, 0.4) is 0 Å². The molecule has 0 aliphatic rings. The lowest BCUT2D eigenvalue weighted by molar-refractivity contribution is 0.0525. The third-order valence-electron chi connectivity index (χ3n) is 4.83. The van der Waals surface area contributed by atoms with E-state index < -0.39 is 0 Å². The Morgan fingerprint density at radius 1 is 1.07 bits per heavy atom. The van der Waals surface area contributed by atoms with Gasteiger partial charge in [-0.25, -0.2) is 4.79 Å². The predicted molar refractivity (Wildman–Crippen MR) is 116 cm³/mol. The van der Waals surface area contributed by atoms with Gasteiger partial charge < -0.3 is 14.0 Å². The molecule has 0 spiro atoms. The van der Waals surface area contributed by atoms with Crippen LogP contribution in [0, 0.1) is 13.8 Å². The topological polar surface area (TPSA) is 40.5 Å². The summed E-state index contributed by atoms with van der Waals surface area (Å²) in [4.78, 5) is 12.4. The minimum atomic E-state index is -0.304. The van der Waals surface area contributed by atoms with E-state index in [2.05, 4.69) is 4.57 Å². The maximum Gasteiger partial charge on any atom is 0.339 e. The first kappa shape index (κ1) is 21.2. The number of nitrogens with zero attached hydrogens (tertiary/aromatic N) is 1. The number of aromatic nitrogens is 1. The van der Waals surface area contributed by atoms with Gasteiger partial charge >= 0.3 is 5.97 Å². The number of esters is 1. The predicted octanol–water partition coefficient (Wildman–Crippen LogP) is 5.68. The Balaban J connectivity index is 1.85. The van der Waals surface area contributed by atoms with Crippen LogP contribution in [-0.4, -0.2) is 23.8 Å². The Bertz CT molecular complexity index is 979. The fraction of sp³-hybridized carbons (Fsp3) is 0.292. The number of aryl methyl sites for hydroxylation is 1. The summed E-state index contributed by atoms with van der Waals surface area (Å²) >= 11 is 6.14. The molecule has 2 aromatic carbocycles. The minimum Gasteiger partial charge on any atom is -0.462 e. The molecule has 3 rings (SSSR count). The van der Waals surface area contributed by atoms with E-state index in [1.165, 1.54) is 0 Å². The summed E-state index contributed by atoms with van der Waals surface area (Å²) < 4.78 is 13.2. The molecule has 0 N–H and O–H groups in total. The van der Waals surface area contributed by atoms with Crippen molar-refractivity contribution in [1.82, 2.24) is 4.57 Å². The summed E-state index contributed by atoms with van der Waals surface area (Å²) in [7, 11) is 0. The summed E-state index contributed by atoms with van der Waals surface area (Å²) in [6.07, 6.45) is 0.676. The molecule has 4 nitrogen and oxygen atoms in total. The standard InChI is InChI=1S/C24H26ClNO3/c1-4-29-24(27)22-15-21(12-13-28-16-19-8-6-5-7-9-19)26(18(22)3)23-11-10-20(25)14-17(23)2/h5-11,14-15H,4,12-13,16H2,1-3H3. The molecule has 0 aliphatic heterocycles. The van der Waals surface area contributed by atoms with Gasteiger partial charge in [0.15, 0.2) is 0 Å². The van der Waals surface area contributed by atoms with Crippen LogP contribution in [0.4, 0.5) is 0 Å². The van der Waals surface area contributed by atoms with Crippen LogP contribution in [0.5, 0.6) is 0 Å². The second-order valence-corrected chi connectivity index (χ2v) is 7.35. The molecular formula is C24H26ClNO3. The summed E-state index contributed by atoms with van der Waals surface area (Å²) in [5, 5.41) is 0.689. The maximum absolute atomic E-state index is 12.4. The Hall–Kier alpha value is -2.56. The molecule has 0 amide bonds. The molecular weight excluding hydrogens is 386 g/mol. The van der Waals surface area contributed by atoms with Crippen LogP contribution < -0.4 is 0 Å². The van der Waals surface area contributed by atoms with Crippen LogP contribution in [0.25, 0.3) is 5.69 Å². The fourth-order valence-electron chi connectivity index (χ4n) is 3.42. The van der Waals surface area contributed by atoms with Crippen molar-refractivity contribution in [3.63, 3.8) is 0 Å². The second-order valence-electron chi connectivity index (χ2n) is 6.91. The van der Waals surface area contributed by atoms with Crippen LogP contribution in [0.2, 0.25) is 5.02 Å². The highest BCUT2D eigenvalue weighted by Gasteiger charge is 2.20.